The highest BCUT2D eigenvalue weighted by atomic mass is 16.5. The quantitative estimate of drug-likeness (QED) is 0.610. The molecule has 0 spiro atoms. The smallest absolute Gasteiger partial charge is 0.323 e. The van der Waals surface area contributed by atoms with E-state index in [-0.39, 0.29) is 11.9 Å². The fraction of sp³-hybridized carbons (Fsp3) is 0.261. The highest BCUT2D eigenvalue weighted by Gasteiger charge is 2.65. The fourth-order valence-corrected chi connectivity index (χ4v) is 4.53. The first-order chi connectivity index (χ1) is 14.7. The van der Waals surface area contributed by atoms with Crippen molar-refractivity contribution in [3.63, 3.8) is 0 Å². The third-order valence-corrected chi connectivity index (χ3v) is 5.84. The average Bonchev–Trinajstić information content (AvgIpc) is 2.81. The number of carbonyl (C=O) groups is 1. The molecule has 1 aromatic heterocycles. The van der Waals surface area contributed by atoms with Gasteiger partial charge in [0.05, 0.1) is 20.3 Å². The van der Waals surface area contributed by atoms with Crippen LogP contribution in [0.1, 0.15) is 16.7 Å². The summed E-state index contributed by atoms with van der Waals surface area (Å²) in [5, 5.41) is 0. The second-order valence-electron chi connectivity index (χ2n) is 7.26. The number of hydrogen-bond acceptors (Lipinski definition) is 6. The zero-order chi connectivity index (χ0) is 20.7. The van der Waals surface area contributed by atoms with Crippen LogP contribution in [0.2, 0.25) is 0 Å². The summed E-state index contributed by atoms with van der Waals surface area (Å²) < 4.78 is 16.6. The van der Waals surface area contributed by atoms with Crippen molar-refractivity contribution in [3.05, 3.63) is 77.4 Å². The molecular weight excluding hydrogens is 382 g/mol. The standard InChI is InChI=1S/C23H21N3O4/c1-28-18-14-19(29-2)25-22(24-18)30-20-21(27)26-13-12-15-8-6-7-11-17(15)23(20,26)16-9-4-3-5-10-16/h3-11,14,20H,12-13H2,1-2H3/t20-,23+/m1/s1. The molecule has 2 aliphatic heterocycles. The second-order valence-corrected chi connectivity index (χ2v) is 7.26. The summed E-state index contributed by atoms with van der Waals surface area (Å²) >= 11 is 0. The lowest BCUT2D eigenvalue weighted by Crippen LogP contribution is -2.76. The van der Waals surface area contributed by atoms with E-state index in [0.29, 0.717) is 18.3 Å². The van der Waals surface area contributed by atoms with Gasteiger partial charge in [0.15, 0.2) is 0 Å². The van der Waals surface area contributed by atoms with E-state index in [1.165, 1.54) is 19.8 Å². The van der Waals surface area contributed by atoms with Gasteiger partial charge in [0.2, 0.25) is 17.9 Å². The van der Waals surface area contributed by atoms with E-state index in [9.17, 15) is 4.79 Å². The number of fused-ring (bicyclic) bond motifs is 3. The number of rotatable bonds is 5. The van der Waals surface area contributed by atoms with Crippen LogP contribution in [0.3, 0.4) is 0 Å². The minimum Gasteiger partial charge on any atom is -0.481 e. The maximum absolute atomic E-state index is 13.2. The number of nitrogens with zero attached hydrogens (tertiary/aromatic N) is 3. The number of methoxy groups -OCH3 is 2. The first-order valence-electron chi connectivity index (χ1n) is 9.77. The molecule has 0 saturated carbocycles. The number of carbonyl (C=O) groups excluding carboxylic acids is 1. The summed E-state index contributed by atoms with van der Waals surface area (Å²) in [5.41, 5.74) is 2.55. The number of β-lactam (4-membered cyclic amide) rings is 1. The summed E-state index contributed by atoms with van der Waals surface area (Å²) in [4.78, 5) is 23.6. The van der Waals surface area contributed by atoms with Crippen LogP contribution >= 0.6 is 0 Å². The second kappa shape index (κ2) is 7.02. The highest BCUT2D eigenvalue weighted by molar-refractivity contribution is 5.94. The molecule has 1 fully saturated rings. The van der Waals surface area contributed by atoms with Crippen molar-refractivity contribution in [2.75, 3.05) is 20.8 Å². The first kappa shape index (κ1) is 18.4. The molecule has 0 N–H and O–H groups in total. The molecule has 0 aliphatic carbocycles. The normalized spacial score (nSPS) is 21.9. The van der Waals surface area contributed by atoms with E-state index < -0.39 is 11.6 Å². The third kappa shape index (κ3) is 2.55. The molecule has 7 nitrogen and oxygen atoms in total. The molecule has 5 rings (SSSR count). The lowest BCUT2D eigenvalue weighted by Gasteiger charge is -2.59. The van der Waals surface area contributed by atoms with Crippen molar-refractivity contribution < 1.29 is 19.0 Å². The minimum atomic E-state index is -0.793. The Kier molecular flexibility index (Phi) is 4.31. The van der Waals surface area contributed by atoms with Gasteiger partial charge in [0.25, 0.3) is 5.91 Å². The van der Waals surface area contributed by atoms with Crippen molar-refractivity contribution in [1.29, 1.82) is 0 Å². The predicted octanol–water partition coefficient (Wildman–Crippen LogP) is 2.58. The summed E-state index contributed by atoms with van der Waals surface area (Å²) in [7, 11) is 3.01. The molecule has 3 aromatic rings. The summed E-state index contributed by atoms with van der Waals surface area (Å²) in [5.74, 6) is 0.523. The third-order valence-electron chi connectivity index (χ3n) is 5.84. The molecule has 0 radical (unpaired) electrons. The van der Waals surface area contributed by atoms with Gasteiger partial charge in [-0.15, -0.1) is 0 Å². The maximum Gasteiger partial charge on any atom is 0.323 e. The maximum atomic E-state index is 13.2. The van der Waals surface area contributed by atoms with Gasteiger partial charge < -0.3 is 19.1 Å². The first-order valence-corrected chi connectivity index (χ1v) is 9.77. The van der Waals surface area contributed by atoms with Crippen molar-refractivity contribution in [1.82, 2.24) is 14.9 Å². The minimum absolute atomic E-state index is 0.0440. The van der Waals surface area contributed by atoms with Gasteiger partial charge in [0.1, 0.15) is 5.54 Å². The van der Waals surface area contributed by atoms with Gasteiger partial charge in [0, 0.05) is 6.54 Å². The molecule has 0 unspecified atom stereocenters. The fourth-order valence-electron chi connectivity index (χ4n) is 4.53. The van der Waals surface area contributed by atoms with E-state index in [1.54, 1.807) is 6.07 Å². The summed E-state index contributed by atoms with van der Waals surface area (Å²) in [6.45, 7) is 0.632. The Morgan fingerprint density at radius 3 is 2.33 bits per heavy atom. The molecule has 2 aliphatic rings. The average molecular weight is 403 g/mol. The van der Waals surface area contributed by atoms with Crippen LogP contribution in [0.4, 0.5) is 0 Å². The molecule has 0 bridgehead atoms. The topological polar surface area (TPSA) is 73.8 Å². The SMILES string of the molecule is COc1cc(OC)nc(O[C@@H]2C(=O)N3CCc4ccccc4[C@@]23c2ccccc2)n1. The van der Waals surface area contributed by atoms with Crippen molar-refractivity contribution >= 4 is 5.91 Å². The van der Waals surface area contributed by atoms with Crippen LogP contribution < -0.4 is 14.2 Å². The van der Waals surface area contributed by atoms with Crippen molar-refractivity contribution in [3.8, 4) is 17.8 Å². The Morgan fingerprint density at radius 1 is 0.967 bits per heavy atom. The number of aromatic nitrogens is 2. The molecule has 152 valence electrons. The van der Waals surface area contributed by atoms with Crippen LogP contribution in [0.25, 0.3) is 0 Å². The van der Waals surface area contributed by atoms with Crippen molar-refractivity contribution in [2.45, 2.75) is 18.1 Å². The van der Waals surface area contributed by atoms with Crippen LogP contribution in [0.5, 0.6) is 17.8 Å². The zero-order valence-corrected chi connectivity index (χ0v) is 16.7. The van der Waals surface area contributed by atoms with Gasteiger partial charge in [-0.1, -0.05) is 54.6 Å². The van der Waals surface area contributed by atoms with Crippen LogP contribution in [0, 0.1) is 0 Å². The number of ether oxygens (including phenoxy) is 3. The Morgan fingerprint density at radius 2 is 1.63 bits per heavy atom. The van der Waals surface area contributed by atoms with Gasteiger partial charge in [-0.05, 0) is 23.1 Å². The molecule has 1 amide bonds. The Labute approximate surface area is 174 Å². The summed E-state index contributed by atoms with van der Waals surface area (Å²) in [6.07, 6.45) is 0.0188. The Bertz CT molecular complexity index is 1080. The van der Waals surface area contributed by atoms with Gasteiger partial charge in [-0.25, -0.2) is 0 Å². The Hall–Kier alpha value is -3.61. The molecule has 2 aromatic carbocycles. The van der Waals surface area contributed by atoms with Gasteiger partial charge in [-0.3, -0.25) is 4.79 Å². The number of amides is 1. The van der Waals surface area contributed by atoms with E-state index in [4.69, 9.17) is 14.2 Å². The van der Waals surface area contributed by atoms with E-state index in [2.05, 4.69) is 22.1 Å². The van der Waals surface area contributed by atoms with E-state index in [0.717, 1.165) is 17.5 Å². The monoisotopic (exact) mass is 403 g/mol. The molecular formula is C23H21N3O4. The predicted molar refractivity (Wildman–Crippen MR) is 109 cm³/mol. The van der Waals surface area contributed by atoms with Crippen LogP contribution in [-0.2, 0) is 16.8 Å². The number of benzene rings is 2. The largest absolute Gasteiger partial charge is 0.481 e. The van der Waals surface area contributed by atoms with Crippen molar-refractivity contribution in [2.24, 2.45) is 0 Å². The summed E-state index contributed by atoms with van der Waals surface area (Å²) in [6, 6.07) is 19.8. The van der Waals surface area contributed by atoms with E-state index in [1.807, 2.05) is 47.4 Å². The molecule has 3 heterocycles. The van der Waals surface area contributed by atoms with Crippen LogP contribution in [-0.4, -0.2) is 47.6 Å². The lowest BCUT2D eigenvalue weighted by atomic mass is 9.66. The van der Waals surface area contributed by atoms with Gasteiger partial charge >= 0.3 is 6.01 Å². The van der Waals surface area contributed by atoms with Gasteiger partial charge in [-0.2, -0.15) is 9.97 Å². The zero-order valence-electron chi connectivity index (χ0n) is 16.7. The molecule has 2 atom stereocenters. The Balaban J connectivity index is 1.65. The molecule has 1 saturated heterocycles. The van der Waals surface area contributed by atoms with E-state index >= 15 is 0 Å². The van der Waals surface area contributed by atoms with Crippen LogP contribution in [0.15, 0.2) is 60.7 Å². The molecule has 7 heteroatoms. The highest BCUT2D eigenvalue weighted by Crippen LogP contribution is 2.51. The lowest BCUT2D eigenvalue weighted by molar-refractivity contribution is -0.179. The number of hydrogen-bond donors (Lipinski definition) is 0. The molecule has 30 heavy (non-hydrogen) atoms.